The first-order valence-electron chi connectivity index (χ1n) is 11.5. The first-order valence-corrected chi connectivity index (χ1v) is 12.2. The summed E-state index contributed by atoms with van der Waals surface area (Å²) in [7, 11) is 0. The van der Waals surface area contributed by atoms with Crippen LogP contribution >= 0.6 is 23.2 Å². The zero-order chi connectivity index (χ0) is 26.1. The lowest BCUT2D eigenvalue weighted by Crippen LogP contribution is -2.01. The maximum Gasteiger partial charge on any atom is 0.354 e. The molecule has 3 heterocycles. The highest BCUT2D eigenvalue weighted by Gasteiger charge is 2.24. The van der Waals surface area contributed by atoms with Crippen LogP contribution in [0.5, 0.6) is 5.75 Å². The third-order valence-electron chi connectivity index (χ3n) is 5.91. The number of rotatable bonds is 7. The van der Waals surface area contributed by atoms with Gasteiger partial charge in [-0.1, -0.05) is 66.5 Å². The van der Waals surface area contributed by atoms with Crippen molar-refractivity contribution >= 4 is 40.1 Å². The van der Waals surface area contributed by atoms with Crippen molar-refractivity contribution in [3.05, 3.63) is 94.1 Å². The molecule has 0 aliphatic heterocycles. The maximum absolute atomic E-state index is 11.2. The van der Waals surface area contributed by atoms with Gasteiger partial charge in [0.25, 0.3) is 0 Å². The van der Waals surface area contributed by atoms with E-state index in [1.54, 1.807) is 12.1 Å². The van der Waals surface area contributed by atoms with Gasteiger partial charge in [0, 0.05) is 17.5 Å². The largest absolute Gasteiger partial charge is 0.489 e. The second-order valence-corrected chi connectivity index (χ2v) is 9.47. The Morgan fingerprint density at radius 2 is 1.78 bits per heavy atom. The molecule has 0 spiro atoms. The molecule has 186 valence electrons. The lowest BCUT2D eigenvalue weighted by molar-refractivity contribution is 0.0691. The number of aromatic carboxylic acids is 1. The number of aromatic nitrogens is 3. The molecule has 9 heteroatoms. The van der Waals surface area contributed by atoms with Gasteiger partial charge in [-0.2, -0.15) is 0 Å². The quantitative estimate of drug-likeness (QED) is 0.214. The van der Waals surface area contributed by atoms with E-state index in [0.29, 0.717) is 33.3 Å². The van der Waals surface area contributed by atoms with Crippen LogP contribution in [-0.2, 0) is 6.61 Å². The number of pyridine rings is 2. The van der Waals surface area contributed by atoms with Gasteiger partial charge in [-0.25, -0.2) is 14.8 Å². The monoisotopic (exact) mass is 533 g/mol. The van der Waals surface area contributed by atoms with E-state index in [9.17, 15) is 4.79 Å². The van der Waals surface area contributed by atoms with Gasteiger partial charge in [-0.05, 0) is 47.5 Å². The van der Waals surface area contributed by atoms with Gasteiger partial charge in [-0.15, -0.1) is 0 Å². The summed E-state index contributed by atoms with van der Waals surface area (Å²) in [5.74, 6) is 0.387. The Kier molecular flexibility index (Phi) is 6.82. The molecule has 2 aromatic carbocycles. The summed E-state index contributed by atoms with van der Waals surface area (Å²) in [5.41, 5.74) is 4.40. The molecule has 0 aliphatic carbocycles. The molecule has 0 fully saturated rings. The minimum absolute atomic E-state index is 0.0198. The fraction of sp³-hybridized carbons (Fsp3) is 0.143. The molecule has 0 unspecified atom stereocenters. The number of ether oxygens (including phenoxy) is 1. The SMILES string of the molecule is CC(C)c1onc(-c2c(Cl)ccnc2Cl)c1COc1ccc(-c2ccc3nc(C(=O)O)ccc3c2)cc1. The van der Waals surface area contributed by atoms with Crippen LogP contribution in [0.3, 0.4) is 0 Å². The highest BCUT2D eigenvalue weighted by Crippen LogP contribution is 2.38. The average Bonchev–Trinajstić information content (AvgIpc) is 3.31. The average molecular weight is 534 g/mol. The maximum atomic E-state index is 11.2. The van der Waals surface area contributed by atoms with Crippen molar-refractivity contribution in [1.29, 1.82) is 0 Å². The van der Waals surface area contributed by atoms with Crippen LogP contribution in [0.15, 0.2) is 71.4 Å². The fourth-order valence-electron chi connectivity index (χ4n) is 4.06. The van der Waals surface area contributed by atoms with Gasteiger partial charge in [-0.3, -0.25) is 0 Å². The molecule has 0 saturated heterocycles. The van der Waals surface area contributed by atoms with E-state index in [2.05, 4.69) is 15.1 Å². The Morgan fingerprint density at radius 3 is 2.49 bits per heavy atom. The summed E-state index contributed by atoms with van der Waals surface area (Å²) in [6.45, 7) is 4.23. The summed E-state index contributed by atoms with van der Waals surface area (Å²) < 4.78 is 11.7. The van der Waals surface area contributed by atoms with Crippen LogP contribution in [0.1, 0.15) is 41.6 Å². The van der Waals surface area contributed by atoms with Crippen molar-refractivity contribution in [2.45, 2.75) is 26.4 Å². The van der Waals surface area contributed by atoms with E-state index >= 15 is 0 Å². The molecule has 37 heavy (non-hydrogen) atoms. The second-order valence-electron chi connectivity index (χ2n) is 8.71. The zero-order valence-electron chi connectivity index (χ0n) is 19.9. The first-order chi connectivity index (χ1) is 17.8. The number of hydrogen-bond acceptors (Lipinski definition) is 6. The van der Waals surface area contributed by atoms with Gasteiger partial charge in [0.15, 0.2) is 0 Å². The molecule has 0 aliphatic rings. The topological polar surface area (TPSA) is 98.3 Å². The third-order valence-corrected chi connectivity index (χ3v) is 6.51. The molecule has 5 aromatic rings. The molecule has 0 atom stereocenters. The van der Waals surface area contributed by atoms with Gasteiger partial charge in [0.2, 0.25) is 0 Å². The van der Waals surface area contributed by atoms with Crippen LogP contribution in [-0.4, -0.2) is 26.2 Å². The van der Waals surface area contributed by atoms with Crippen LogP contribution in [0, 0.1) is 0 Å². The molecule has 0 amide bonds. The number of halogens is 2. The number of fused-ring (bicyclic) bond motifs is 1. The Bertz CT molecular complexity index is 1590. The highest BCUT2D eigenvalue weighted by molar-refractivity contribution is 6.38. The molecule has 0 saturated carbocycles. The predicted octanol–water partition coefficient (Wildman–Crippen LogP) is 7.66. The lowest BCUT2D eigenvalue weighted by Gasteiger charge is -2.11. The van der Waals surface area contributed by atoms with Gasteiger partial charge in [0.1, 0.15) is 34.7 Å². The van der Waals surface area contributed by atoms with Gasteiger partial charge in [0.05, 0.1) is 21.7 Å². The van der Waals surface area contributed by atoms with E-state index in [1.807, 2.05) is 56.3 Å². The molecule has 5 rings (SSSR count). The number of carboxylic acid groups (broad SMARTS) is 1. The zero-order valence-corrected chi connectivity index (χ0v) is 21.4. The lowest BCUT2D eigenvalue weighted by atomic mass is 10.0. The molecular weight excluding hydrogens is 513 g/mol. The van der Waals surface area contributed by atoms with Crippen molar-refractivity contribution in [2.75, 3.05) is 0 Å². The Labute approximate surface area is 222 Å². The van der Waals surface area contributed by atoms with Crippen molar-refractivity contribution < 1.29 is 19.2 Å². The number of carbonyl (C=O) groups is 1. The predicted molar refractivity (Wildman–Crippen MR) is 142 cm³/mol. The van der Waals surface area contributed by atoms with Gasteiger partial charge >= 0.3 is 5.97 Å². The fourth-order valence-corrected chi connectivity index (χ4v) is 4.59. The highest BCUT2D eigenvalue weighted by atomic mass is 35.5. The Morgan fingerprint density at radius 1 is 1.03 bits per heavy atom. The van der Waals surface area contributed by atoms with Crippen LogP contribution < -0.4 is 4.74 Å². The molecule has 1 N–H and O–H groups in total. The van der Waals surface area contributed by atoms with E-state index in [1.165, 1.54) is 12.3 Å². The normalized spacial score (nSPS) is 11.3. The van der Waals surface area contributed by atoms with E-state index in [4.69, 9.17) is 37.6 Å². The number of hydrogen-bond donors (Lipinski definition) is 1. The van der Waals surface area contributed by atoms with E-state index in [0.717, 1.165) is 22.1 Å². The smallest absolute Gasteiger partial charge is 0.354 e. The summed E-state index contributed by atoms with van der Waals surface area (Å²) in [4.78, 5) is 19.5. The Balaban J connectivity index is 1.38. The first kappa shape index (κ1) is 24.7. The van der Waals surface area contributed by atoms with E-state index in [-0.39, 0.29) is 23.4 Å². The van der Waals surface area contributed by atoms with Crippen LogP contribution in [0.4, 0.5) is 0 Å². The van der Waals surface area contributed by atoms with Gasteiger partial charge < -0.3 is 14.4 Å². The molecule has 0 radical (unpaired) electrons. The van der Waals surface area contributed by atoms with Crippen molar-refractivity contribution in [1.82, 2.24) is 15.1 Å². The summed E-state index contributed by atoms with van der Waals surface area (Å²) >= 11 is 12.7. The minimum atomic E-state index is -1.05. The summed E-state index contributed by atoms with van der Waals surface area (Å²) in [6, 6.07) is 18.3. The molecule has 0 bridgehead atoms. The molecule has 7 nitrogen and oxygen atoms in total. The summed E-state index contributed by atoms with van der Waals surface area (Å²) in [6.07, 6.45) is 1.54. The van der Waals surface area contributed by atoms with Crippen LogP contribution in [0.2, 0.25) is 10.2 Å². The van der Waals surface area contributed by atoms with E-state index < -0.39 is 5.97 Å². The van der Waals surface area contributed by atoms with Crippen LogP contribution in [0.25, 0.3) is 33.3 Å². The number of benzene rings is 2. The second kappa shape index (κ2) is 10.2. The Hall–Kier alpha value is -3.94. The van der Waals surface area contributed by atoms with Crippen molar-refractivity contribution in [3.8, 4) is 28.1 Å². The van der Waals surface area contributed by atoms with Crippen molar-refractivity contribution in [2.24, 2.45) is 0 Å². The molecular formula is C28H21Cl2N3O4. The minimum Gasteiger partial charge on any atom is -0.489 e. The molecule has 3 aromatic heterocycles. The number of carboxylic acids is 1. The standard InChI is InChI=1S/C28H21Cl2N3O4/c1-15(2)26-20(25(33-37-26)24-21(29)11-12-31-27(24)30)14-36-19-7-3-16(4-8-19)17-5-9-22-18(13-17)6-10-23(32-22)28(34)35/h3-13,15H,14H2,1-2H3,(H,34,35). The third kappa shape index (κ3) is 5.01. The number of nitrogens with zero attached hydrogens (tertiary/aromatic N) is 3. The van der Waals surface area contributed by atoms with Crippen molar-refractivity contribution in [3.63, 3.8) is 0 Å². The summed E-state index contributed by atoms with van der Waals surface area (Å²) in [5, 5.41) is 14.9.